The number of anilines is 4. The van der Waals surface area contributed by atoms with Crippen molar-refractivity contribution in [1.82, 2.24) is 114 Å². The number of hydrogen-bond donors (Lipinski definition) is 0. The Morgan fingerprint density at radius 2 is 0.679 bits per heavy atom. The number of hydrogen-bond acceptors (Lipinski definition) is 25. The van der Waals surface area contributed by atoms with Crippen molar-refractivity contribution < 1.29 is 46.2 Å². The van der Waals surface area contributed by atoms with Crippen LogP contribution in [0.2, 0.25) is 0 Å². The molecule has 0 N–H and O–H groups in total. The van der Waals surface area contributed by atoms with Crippen molar-refractivity contribution in [2.24, 2.45) is 11.8 Å². The summed E-state index contributed by atoms with van der Waals surface area (Å²) in [6.45, 7) is 26.3. The van der Waals surface area contributed by atoms with E-state index in [0.29, 0.717) is 205 Å². The fourth-order valence-corrected chi connectivity index (χ4v) is 17.4. The number of pyridine rings is 1. The van der Waals surface area contributed by atoms with Gasteiger partial charge in [-0.1, -0.05) is 53.4 Å². The molecule has 12 heterocycles. The van der Waals surface area contributed by atoms with Crippen molar-refractivity contribution in [3.8, 4) is 57.2 Å². The van der Waals surface area contributed by atoms with E-state index in [2.05, 4.69) is 102 Å². The molecule has 2 aliphatic carbocycles. The van der Waals surface area contributed by atoms with Crippen LogP contribution in [0.3, 0.4) is 0 Å². The highest BCUT2D eigenvalue weighted by molar-refractivity contribution is 5.78. The third-order valence-electron chi connectivity index (χ3n) is 25.0. The van der Waals surface area contributed by atoms with Crippen molar-refractivity contribution in [3.05, 3.63) is 209 Å². The van der Waals surface area contributed by atoms with Crippen LogP contribution >= 0.6 is 0 Å². The number of benzene rings is 4. The van der Waals surface area contributed by atoms with Crippen LogP contribution in [0.5, 0.6) is 11.6 Å². The lowest BCUT2D eigenvalue weighted by molar-refractivity contribution is -0.133. The van der Waals surface area contributed by atoms with Gasteiger partial charge in [0.05, 0.1) is 14.2 Å². The number of aryl methyl sites for hydroxylation is 4. The molecule has 6 aliphatic rings. The molecular weight excluding hydrogens is 1720 g/mol. The zero-order chi connectivity index (χ0) is 94.1. The van der Waals surface area contributed by atoms with Crippen molar-refractivity contribution in [1.29, 1.82) is 0 Å². The van der Waals surface area contributed by atoms with Crippen molar-refractivity contribution in [2.75, 3.05) is 139 Å². The average Bonchev–Trinajstić information content (AvgIpc) is 1.67. The Morgan fingerprint density at radius 1 is 0.358 bits per heavy atom. The number of ether oxygens (including phenoxy) is 2. The molecule has 4 aromatic carbocycles. The van der Waals surface area contributed by atoms with Gasteiger partial charge in [0.25, 0.3) is 0 Å². The maximum atomic E-state index is 13.8. The number of methoxy groups -OCH3 is 2. The number of nitrogens with zero attached hydrogens (tertiary/aromatic N) is 27. The highest BCUT2D eigenvalue weighted by Gasteiger charge is 2.34. The second-order valence-corrected chi connectivity index (χ2v) is 35.5. The summed E-state index contributed by atoms with van der Waals surface area (Å²) < 4.78 is 72.4. The molecule has 704 valence electrons. The van der Waals surface area contributed by atoms with Crippen molar-refractivity contribution in [3.63, 3.8) is 0 Å². The van der Waals surface area contributed by atoms with Crippen LogP contribution < -0.4 is 29.1 Å². The molecule has 134 heavy (non-hydrogen) atoms. The lowest BCUT2D eigenvalue weighted by atomic mass is 10.1. The summed E-state index contributed by atoms with van der Waals surface area (Å²) >= 11 is 0. The monoisotopic (exact) mass is 1830 g/mol. The molecule has 0 radical (unpaired) electrons. The maximum Gasteiger partial charge on any atom is 0.244 e. The van der Waals surface area contributed by atoms with E-state index in [4.69, 9.17) is 29.6 Å². The van der Waals surface area contributed by atoms with E-state index in [1.165, 1.54) is 43.4 Å². The predicted molar refractivity (Wildman–Crippen MR) is 499 cm³/mol. The van der Waals surface area contributed by atoms with E-state index in [-0.39, 0.29) is 73.1 Å². The van der Waals surface area contributed by atoms with Crippen LogP contribution in [0, 0.1) is 62.8 Å². The van der Waals surface area contributed by atoms with E-state index >= 15 is 0 Å². The molecule has 2 saturated carbocycles. The molecule has 0 bridgehead atoms. The highest BCUT2D eigenvalue weighted by Crippen LogP contribution is 2.37. The van der Waals surface area contributed by atoms with Gasteiger partial charge in [0.15, 0.2) is 23.3 Å². The van der Waals surface area contributed by atoms with Gasteiger partial charge in [0.1, 0.15) is 96.5 Å². The summed E-state index contributed by atoms with van der Waals surface area (Å²) in [5.41, 5.74) is 5.23. The number of rotatable bonds is 24. The highest BCUT2D eigenvalue weighted by atomic mass is 19.1. The number of halogens is 4. The molecule has 18 rings (SSSR count). The van der Waals surface area contributed by atoms with E-state index in [9.17, 15) is 36.7 Å². The summed E-state index contributed by atoms with van der Waals surface area (Å²) in [6.07, 6.45) is 20.4. The molecule has 37 heteroatoms. The average molecular weight is 1830 g/mol. The molecule has 0 unspecified atom stereocenters. The minimum atomic E-state index is -0.264. The van der Waals surface area contributed by atoms with Gasteiger partial charge in [-0.2, -0.15) is 20.4 Å². The molecule has 33 nitrogen and oxygen atoms in total. The standard InChI is InChI=1S/C26H31FN6O2.C24H30FN7O2.C24H28FN7O.C23H28FN7O/c1-18-15-20(7-8-22(18)27)25-29-26(19-5-3-4-6-19)33(30-25)17-24(34)32-13-11-31(12-14-32)23-16-21(35-2)9-10-28-23;1-16(2)11-21-28-24(18-5-6-19(25)17(3)12-18)29-32(21)14-23(33)31-9-7-30(8-10-31)20-13-22(34-4)27-15-26-20;1-17-15-19(7-8-20(17)25)22-28-23(18-5-2-3-6-18)32(29-22)16-21(33)30-11-13-31(14-12-30)24-26-9-4-10-27-24;1-16(2)13-20-27-22(18-5-6-19(24)17(3)14-18)28-31(20)15-21(32)29-9-11-30(12-10-29)23-25-7-4-8-26-23/h7-10,15-16,19H,3-6,11-14,17H2,1-2H3;5-6,12-13,15-16H,7-11,14H2,1-4H3;4,7-10,15,18H,2-3,5-6,11-14,16H2,1H3;4-8,14,16H,9-13,15H2,1-3H3. The summed E-state index contributed by atoms with van der Waals surface area (Å²) in [6, 6.07) is 28.6. The molecule has 0 atom stereocenters. The normalized spacial score (nSPS) is 15.5. The third kappa shape index (κ3) is 24.0. The lowest BCUT2D eigenvalue weighted by Crippen LogP contribution is -2.50. The summed E-state index contributed by atoms with van der Waals surface area (Å²) in [5.74, 6) is 10.1. The molecule has 6 fully saturated rings. The van der Waals surface area contributed by atoms with Crippen LogP contribution in [-0.2, 0) is 58.2 Å². The van der Waals surface area contributed by atoms with Gasteiger partial charge in [-0.15, -0.1) is 0 Å². The van der Waals surface area contributed by atoms with Gasteiger partial charge in [0, 0.05) is 195 Å². The van der Waals surface area contributed by atoms with Crippen LogP contribution in [0.15, 0.2) is 140 Å². The summed E-state index contributed by atoms with van der Waals surface area (Å²) in [4.78, 5) is 117. The molecule has 4 amide bonds. The van der Waals surface area contributed by atoms with E-state index in [1.807, 2.05) is 31.7 Å². The molecule has 4 aliphatic heterocycles. The summed E-state index contributed by atoms with van der Waals surface area (Å²) in [7, 11) is 3.21. The van der Waals surface area contributed by atoms with Crippen molar-refractivity contribution >= 4 is 47.2 Å². The number of carbonyl (C=O) groups is 4. The van der Waals surface area contributed by atoms with Crippen LogP contribution in [0.1, 0.15) is 136 Å². The van der Waals surface area contributed by atoms with Gasteiger partial charge in [0.2, 0.25) is 41.4 Å². The Kier molecular flexibility index (Phi) is 31.3. The van der Waals surface area contributed by atoms with E-state index < -0.39 is 0 Å². The fraction of sp³-hybridized carbons (Fsp3) is 0.454. The smallest absolute Gasteiger partial charge is 0.244 e. The largest absolute Gasteiger partial charge is 0.497 e. The van der Waals surface area contributed by atoms with Gasteiger partial charge in [-0.3, -0.25) is 19.2 Å². The van der Waals surface area contributed by atoms with Gasteiger partial charge < -0.3 is 48.7 Å². The fourth-order valence-electron chi connectivity index (χ4n) is 17.4. The van der Waals surface area contributed by atoms with Crippen LogP contribution in [0.25, 0.3) is 45.6 Å². The zero-order valence-corrected chi connectivity index (χ0v) is 77.8. The SMILES string of the molecule is COc1cc(N2CCN(C(=O)Cn3nc(-c4ccc(F)c(C)c4)nc3CC(C)C)CC2)ncn1.COc1ccnc(N2CCN(C(=O)Cn3nc(-c4ccc(F)c(C)c4)nc3C3CCCC3)CC2)c1.Cc1cc(-c2nc(C3CCCC3)n(CC(=O)N3CCN(c4ncccn4)CC3)n2)ccc1F.Cc1cc(-c2nc(CC(C)C)n(CC(=O)N3CCN(c4ncccn4)CC3)n2)ccc1F. The number of amides is 4. The second kappa shape index (κ2) is 44.2. The first-order valence-electron chi connectivity index (χ1n) is 46.2. The minimum absolute atomic E-state index is 0.00309. The minimum Gasteiger partial charge on any atom is -0.497 e. The Labute approximate surface area is 777 Å². The second-order valence-electron chi connectivity index (χ2n) is 35.5. The Morgan fingerprint density at radius 3 is 1.01 bits per heavy atom. The third-order valence-corrected chi connectivity index (χ3v) is 25.0. The molecule has 8 aromatic heterocycles. The van der Waals surface area contributed by atoms with E-state index in [1.54, 1.807) is 158 Å². The van der Waals surface area contributed by atoms with Gasteiger partial charge in [-0.25, -0.2) is 91.1 Å². The predicted octanol–water partition coefficient (Wildman–Crippen LogP) is 12.5. The van der Waals surface area contributed by atoms with Crippen molar-refractivity contribution in [2.45, 2.75) is 158 Å². The van der Waals surface area contributed by atoms with Crippen LogP contribution in [-0.4, -0.2) is 256 Å². The van der Waals surface area contributed by atoms with Gasteiger partial charge in [-0.05, 0) is 178 Å². The topological polar surface area (TPSA) is 326 Å². The Bertz CT molecular complexity index is 5990. The summed E-state index contributed by atoms with van der Waals surface area (Å²) in [5, 5.41) is 18.6. The number of piperazine rings is 4. The van der Waals surface area contributed by atoms with Crippen LogP contribution in [0.4, 0.5) is 41.1 Å². The first-order chi connectivity index (χ1) is 64.8. The molecule has 0 spiro atoms. The number of carbonyl (C=O) groups excluding carboxylic acids is 4. The van der Waals surface area contributed by atoms with Gasteiger partial charge >= 0.3 is 0 Å². The number of aromatic nitrogens is 19. The Balaban J connectivity index is 0.000000136. The lowest BCUT2D eigenvalue weighted by Gasteiger charge is -2.35. The Hall–Kier alpha value is -13.8. The first kappa shape index (κ1) is 94.9. The molecule has 12 aromatic rings. The molecule has 4 saturated heterocycles. The van der Waals surface area contributed by atoms with E-state index in [0.717, 1.165) is 101 Å². The quantitative estimate of drug-likeness (QED) is 0.0507. The first-order valence-corrected chi connectivity index (χ1v) is 46.2. The maximum absolute atomic E-state index is 13.8. The molecular formula is C97H117F4N27O6. The zero-order valence-electron chi connectivity index (χ0n) is 77.8.